The summed E-state index contributed by atoms with van der Waals surface area (Å²) in [5.74, 6) is 2.02. The number of halogens is 1. The number of aryl methyl sites for hydroxylation is 2. The Balaban J connectivity index is 2.19. The van der Waals surface area contributed by atoms with Crippen molar-refractivity contribution in [3.8, 4) is 0 Å². The highest BCUT2D eigenvalue weighted by Crippen LogP contribution is 2.25. The summed E-state index contributed by atoms with van der Waals surface area (Å²) in [4.78, 5) is 0. The van der Waals surface area contributed by atoms with Gasteiger partial charge in [0, 0.05) is 15.2 Å². The van der Waals surface area contributed by atoms with Crippen LogP contribution in [0.15, 0.2) is 34.7 Å². The van der Waals surface area contributed by atoms with Crippen molar-refractivity contribution in [2.45, 2.75) is 39.7 Å². The maximum Gasteiger partial charge on any atom is 0.105 e. The van der Waals surface area contributed by atoms with Crippen molar-refractivity contribution in [1.82, 2.24) is 5.32 Å². The lowest BCUT2D eigenvalue weighted by Crippen LogP contribution is -2.24. The SMILES string of the molecule is CCCNC(Cc1ccc(I)cc1)c1cc(C)oc1C. The van der Waals surface area contributed by atoms with Gasteiger partial charge in [0.05, 0.1) is 0 Å². The molecule has 0 fully saturated rings. The van der Waals surface area contributed by atoms with Crippen molar-refractivity contribution in [1.29, 1.82) is 0 Å². The minimum atomic E-state index is 0.326. The van der Waals surface area contributed by atoms with Crippen molar-refractivity contribution in [2.75, 3.05) is 6.54 Å². The van der Waals surface area contributed by atoms with E-state index in [2.05, 4.69) is 72.1 Å². The summed E-state index contributed by atoms with van der Waals surface area (Å²) in [5, 5.41) is 3.64. The Labute approximate surface area is 135 Å². The summed E-state index contributed by atoms with van der Waals surface area (Å²) >= 11 is 2.34. The molecule has 2 aromatic rings. The van der Waals surface area contributed by atoms with Crippen LogP contribution in [0, 0.1) is 17.4 Å². The Morgan fingerprint density at radius 1 is 1.20 bits per heavy atom. The second kappa shape index (κ2) is 7.27. The Morgan fingerprint density at radius 2 is 1.90 bits per heavy atom. The number of hydrogen-bond donors (Lipinski definition) is 1. The third-order valence-corrected chi connectivity index (χ3v) is 4.17. The lowest BCUT2D eigenvalue weighted by Gasteiger charge is -2.18. The molecule has 1 aromatic heterocycles. The molecule has 1 N–H and O–H groups in total. The Hall–Kier alpha value is -0.810. The lowest BCUT2D eigenvalue weighted by atomic mass is 9.99. The second-order valence-corrected chi connectivity index (χ2v) is 6.45. The van der Waals surface area contributed by atoms with Crippen LogP contribution in [-0.2, 0) is 6.42 Å². The van der Waals surface area contributed by atoms with E-state index in [1.54, 1.807) is 0 Å². The van der Waals surface area contributed by atoms with E-state index >= 15 is 0 Å². The largest absolute Gasteiger partial charge is 0.466 e. The molecule has 3 heteroatoms. The van der Waals surface area contributed by atoms with Gasteiger partial charge < -0.3 is 9.73 Å². The fraction of sp³-hybridized carbons (Fsp3) is 0.412. The highest BCUT2D eigenvalue weighted by Gasteiger charge is 2.17. The van der Waals surface area contributed by atoms with Gasteiger partial charge in [-0.15, -0.1) is 0 Å². The summed E-state index contributed by atoms with van der Waals surface area (Å²) in [6, 6.07) is 11.2. The molecule has 0 saturated carbocycles. The van der Waals surface area contributed by atoms with Crippen LogP contribution in [0.3, 0.4) is 0 Å². The number of furan rings is 1. The van der Waals surface area contributed by atoms with E-state index in [-0.39, 0.29) is 0 Å². The maximum absolute atomic E-state index is 5.69. The first-order valence-electron chi connectivity index (χ1n) is 7.15. The summed E-state index contributed by atoms with van der Waals surface area (Å²) in [5.41, 5.74) is 2.65. The molecule has 0 aliphatic carbocycles. The van der Waals surface area contributed by atoms with E-state index in [1.165, 1.54) is 14.7 Å². The van der Waals surface area contributed by atoms with Crippen LogP contribution in [0.25, 0.3) is 0 Å². The number of hydrogen-bond acceptors (Lipinski definition) is 2. The number of rotatable bonds is 6. The second-order valence-electron chi connectivity index (χ2n) is 5.21. The predicted molar refractivity (Wildman–Crippen MR) is 92.1 cm³/mol. The average molecular weight is 383 g/mol. The molecular formula is C17H22INO. The number of benzene rings is 1. The van der Waals surface area contributed by atoms with Crippen LogP contribution in [-0.4, -0.2) is 6.54 Å². The highest BCUT2D eigenvalue weighted by molar-refractivity contribution is 14.1. The van der Waals surface area contributed by atoms with Crippen LogP contribution < -0.4 is 5.32 Å². The quantitative estimate of drug-likeness (QED) is 0.726. The van der Waals surface area contributed by atoms with E-state index in [4.69, 9.17) is 4.42 Å². The standard InChI is InChI=1S/C17H22INO/c1-4-9-19-17(16-10-12(2)20-13(16)3)11-14-5-7-15(18)8-6-14/h5-8,10,17,19H,4,9,11H2,1-3H3. The zero-order valence-corrected chi connectivity index (χ0v) is 14.5. The third-order valence-electron chi connectivity index (χ3n) is 3.45. The molecule has 1 atom stereocenters. The van der Waals surface area contributed by atoms with Gasteiger partial charge in [-0.3, -0.25) is 0 Å². The molecule has 0 amide bonds. The molecular weight excluding hydrogens is 361 g/mol. The molecule has 1 heterocycles. The summed E-state index contributed by atoms with van der Waals surface area (Å²) in [6.45, 7) is 7.29. The fourth-order valence-corrected chi connectivity index (χ4v) is 2.82. The minimum Gasteiger partial charge on any atom is -0.466 e. The average Bonchev–Trinajstić information content (AvgIpc) is 2.76. The maximum atomic E-state index is 5.69. The monoisotopic (exact) mass is 383 g/mol. The van der Waals surface area contributed by atoms with Gasteiger partial charge >= 0.3 is 0 Å². The predicted octanol–water partition coefficient (Wildman–Crippen LogP) is 4.78. The minimum absolute atomic E-state index is 0.326. The van der Waals surface area contributed by atoms with Gasteiger partial charge in [-0.1, -0.05) is 19.1 Å². The van der Waals surface area contributed by atoms with E-state index in [1.807, 2.05) is 6.92 Å². The smallest absolute Gasteiger partial charge is 0.105 e. The summed E-state index contributed by atoms with van der Waals surface area (Å²) in [6.07, 6.45) is 2.13. The fourth-order valence-electron chi connectivity index (χ4n) is 2.46. The van der Waals surface area contributed by atoms with Crippen LogP contribution >= 0.6 is 22.6 Å². The van der Waals surface area contributed by atoms with Crippen LogP contribution in [0.5, 0.6) is 0 Å². The van der Waals surface area contributed by atoms with Crippen molar-refractivity contribution in [3.63, 3.8) is 0 Å². The molecule has 0 saturated heterocycles. The molecule has 108 valence electrons. The van der Waals surface area contributed by atoms with Gasteiger partial charge in [0.2, 0.25) is 0 Å². The van der Waals surface area contributed by atoms with Crippen molar-refractivity contribution >= 4 is 22.6 Å². The summed E-state index contributed by atoms with van der Waals surface area (Å²) < 4.78 is 6.97. The molecule has 0 radical (unpaired) electrons. The molecule has 2 rings (SSSR count). The Kier molecular flexibility index (Phi) is 5.66. The first kappa shape index (κ1) is 15.6. The third kappa shape index (κ3) is 4.09. The molecule has 2 nitrogen and oxygen atoms in total. The lowest BCUT2D eigenvalue weighted by molar-refractivity contribution is 0.480. The van der Waals surface area contributed by atoms with E-state index in [9.17, 15) is 0 Å². The molecule has 0 bridgehead atoms. The first-order chi connectivity index (χ1) is 9.60. The zero-order valence-electron chi connectivity index (χ0n) is 12.4. The van der Waals surface area contributed by atoms with Gasteiger partial charge in [0.15, 0.2) is 0 Å². The van der Waals surface area contributed by atoms with Crippen LogP contribution in [0.4, 0.5) is 0 Å². The van der Waals surface area contributed by atoms with E-state index in [0.29, 0.717) is 6.04 Å². The molecule has 0 aliphatic rings. The Morgan fingerprint density at radius 3 is 2.45 bits per heavy atom. The van der Waals surface area contributed by atoms with Crippen LogP contribution in [0.1, 0.15) is 42.0 Å². The molecule has 0 aliphatic heterocycles. The van der Waals surface area contributed by atoms with Gasteiger partial charge in [0.1, 0.15) is 11.5 Å². The topological polar surface area (TPSA) is 25.2 Å². The normalized spacial score (nSPS) is 12.6. The highest BCUT2D eigenvalue weighted by atomic mass is 127. The van der Waals surface area contributed by atoms with Crippen molar-refractivity contribution in [2.24, 2.45) is 0 Å². The van der Waals surface area contributed by atoms with Crippen LogP contribution in [0.2, 0.25) is 0 Å². The van der Waals surface area contributed by atoms with E-state index in [0.717, 1.165) is 30.9 Å². The molecule has 0 spiro atoms. The van der Waals surface area contributed by atoms with Gasteiger partial charge in [0.25, 0.3) is 0 Å². The van der Waals surface area contributed by atoms with Gasteiger partial charge in [-0.2, -0.15) is 0 Å². The molecule has 20 heavy (non-hydrogen) atoms. The summed E-state index contributed by atoms with van der Waals surface area (Å²) in [7, 11) is 0. The van der Waals surface area contributed by atoms with Gasteiger partial charge in [-0.05, 0) is 79.6 Å². The zero-order chi connectivity index (χ0) is 14.5. The number of nitrogens with one attached hydrogen (secondary N) is 1. The van der Waals surface area contributed by atoms with Crippen molar-refractivity contribution < 1.29 is 4.42 Å². The first-order valence-corrected chi connectivity index (χ1v) is 8.22. The van der Waals surface area contributed by atoms with Gasteiger partial charge in [-0.25, -0.2) is 0 Å². The van der Waals surface area contributed by atoms with Crippen molar-refractivity contribution in [3.05, 3.63) is 56.5 Å². The Bertz CT molecular complexity index is 545. The molecule has 1 aromatic carbocycles. The molecule has 1 unspecified atom stereocenters. The van der Waals surface area contributed by atoms with E-state index < -0.39 is 0 Å².